The Morgan fingerprint density at radius 2 is 2.16 bits per heavy atom. The number of carboxylic acids is 1. The molecule has 11 nitrogen and oxygen atoms in total. The number of carboxylic acid groups (broad SMARTS) is 1. The van der Waals surface area contributed by atoms with E-state index < -0.39 is 35.9 Å². The molecule has 2 atom stereocenters. The summed E-state index contributed by atoms with van der Waals surface area (Å²) >= 11 is 5.05. The van der Waals surface area contributed by atoms with Gasteiger partial charge in [-0.05, 0) is 12.1 Å². The molecule has 0 bridgehead atoms. The molecule has 0 radical (unpaired) electrons. The lowest BCUT2D eigenvalue weighted by Crippen LogP contribution is -2.71. The first-order valence-corrected chi connectivity index (χ1v) is 14.2. The van der Waals surface area contributed by atoms with Gasteiger partial charge in [-0.3, -0.25) is 14.5 Å². The molecule has 2 aliphatic heterocycles. The van der Waals surface area contributed by atoms with E-state index in [-0.39, 0.29) is 28.8 Å². The summed E-state index contributed by atoms with van der Waals surface area (Å²) < 4.78 is 14.1. The van der Waals surface area contributed by atoms with Crippen LogP contribution in [0.1, 0.15) is 5.69 Å². The highest BCUT2D eigenvalue weighted by Crippen LogP contribution is 2.46. The SMILES string of the molecule is Nc1nc(/C(=N/OCCF)C(=O)N[C@@H]2C(=O)N3C(C(=O)O)=C(Sc4nc5ccccc5s4)CS[C@H]23)cs1. The smallest absolute Gasteiger partial charge is 0.353 e. The fourth-order valence-electron chi connectivity index (χ4n) is 3.62. The van der Waals surface area contributed by atoms with Crippen molar-refractivity contribution in [1.82, 2.24) is 20.2 Å². The number of nitrogen functional groups attached to an aromatic ring is 1. The van der Waals surface area contributed by atoms with E-state index in [1.807, 2.05) is 24.3 Å². The molecule has 1 saturated heterocycles. The maximum atomic E-state index is 13.0. The first-order chi connectivity index (χ1) is 17.9. The molecule has 192 valence electrons. The van der Waals surface area contributed by atoms with Crippen molar-refractivity contribution in [1.29, 1.82) is 0 Å². The molecule has 5 rings (SSSR count). The Labute approximate surface area is 225 Å². The summed E-state index contributed by atoms with van der Waals surface area (Å²) in [6, 6.07) is 6.59. The number of carbonyl (C=O) groups excluding carboxylic acids is 2. The number of nitrogens with zero attached hydrogens (tertiary/aromatic N) is 4. The van der Waals surface area contributed by atoms with Crippen molar-refractivity contribution in [2.24, 2.45) is 5.16 Å². The average molecular weight is 581 g/mol. The van der Waals surface area contributed by atoms with Crippen LogP contribution in [0.5, 0.6) is 0 Å². The molecule has 37 heavy (non-hydrogen) atoms. The van der Waals surface area contributed by atoms with Crippen LogP contribution in [-0.4, -0.2) is 73.9 Å². The Morgan fingerprint density at radius 1 is 1.35 bits per heavy atom. The van der Waals surface area contributed by atoms with Crippen LogP contribution in [0.3, 0.4) is 0 Å². The van der Waals surface area contributed by atoms with Crippen molar-refractivity contribution >= 4 is 85.0 Å². The van der Waals surface area contributed by atoms with Gasteiger partial charge >= 0.3 is 5.97 Å². The number of fused-ring (bicyclic) bond motifs is 2. The van der Waals surface area contributed by atoms with Gasteiger partial charge in [0.1, 0.15) is 36.1 Å². The predicted molar refractivity (Wildman–Crippen MR) is 140 cm³/mol. The molecule has 3 aromatic rings. The number of carbonyl (C=O) groups is 3. The number of benzene rings is 1. The van der Waals surface area contributed by atoms with E-state index in [4.69, 9.17) is 10.6 Å². The zero-order chi connectivity index (χ0) is 26.1. The highest BCUT2D eigenvalue weighted by Gasteiger charge is 2.54. The second-order valence-electron chi connectivity index (χ2n) is 7.52. The number of anilines is 1. The van der Waals surface area contributed by atoms with Crippen molar-refractivity contribution < 1.29 is 28.7 Å². The number of alkyl halides is 1. The van der Waals surface area contributed by atoms with Crippen LogP contribution in [0.25, 0.3) is 10.2 Å². The summed E-state index contributed by atoms with van der Waals surface area (Å²) in [5, 5.41) is 17.2. The lowest BCUT2D eigenvalue weighted by atomic mass is 10.0. The number of halogens is 1. The Hall–Kier alpha value is -3.21. The van der Waals surface area contributed by atoms with Gasteiger partial charge in [-0.15, -0.1) is 34.4 Å². The monoisotopic (exact) mass is 580 g/mol. The Balaban J connectivity index is 1.34. The van der Waals surface area contributed by atoms with E-state index in [0.29, 0.717) is 15.0 Å². The fourth-order valence-corrected chi connectivity index (χ4v) is 7.88. The van der Waals surface area contributed by atoms with Gasteiger partial charge in [0.05, 0.1) is 10.2 Å². The third-order valence-electron chi connectivity index (χ3n) is 5.21. The molecule has 1 fully saturated rings. The zero-order valence-corrected chi connectivity index (χ0v) is 21.9. The molecule has 4 N–H and O–H groups in total. The molecule has 0 unspecified atom stereocenters. The maximum absolute atomic E-state index is 13.0. The van der Waals surface area contributed by atoms with Crippen molar-refractivity contribution in [3.63, 3.8) is 0 Å². The highest BCUT2D eigenvalue weighted by atomic mass is 32.2. The lowest BCUT2D eigenvalue weighted by Gasteiger charge is -2.49. The number of β-lactam (4-membered cyclic amide) rings is 1. The minimum atomic E-state index is -1.24. The highest BCUT2D eigenvalue weighted by molar-refractivity contribution is 8.07. The van der Waals surface area contributed by atoms with Gasteiger partial charge in [-0.2, -0.15) is 0 Å². The molecule has 2 aromatic heterocycles. The number of aromatic nitrogens is 2. The molecule has 16 heteroatoms. The van der Waals surface area contributed by atoms with E-state index in [1.165, 1.54) is 45.1 Å². The largest absolute Gasteiger partial charge is 0.477 e. The van der Waals surface area contributed by atoms with Gasteiger partial charge in [-0.1, -0.05) is 29.1 Å². The number of rotatable bonds is 9. The predicted octanol–water partition coefficient (Wildman–Crippen LogP) is 2.51. The number of amides is 2. The number of nitrogens with two attached hydrogens (primary N) is 1. The van der Waals surface area contributed by atoms with Crippen LogP contribution in [-0.2, 0) is 19.2 Å². The van der Waals surface area contributed by atoms with E-state index in [2.05, 4.69) is 20.4 Å². The van der Waals surface area contributed by atoms with Gasteiger partial charge in [-0.25, -0.2) is 19.2 Å². The third-order valence-corrected chi connectivity index (χ3v) is 9.53. The fraction of sp³-hybridized carbons (Fsp3) is 0.238. The molecule has 2 amide bonds. The number of hydrogen-bond donors (Lipinski definition) is 3. The number of aliphatic carboxylic acids is 1. The van der Waals surface area contributed by atoms with E-state index in [1.54, 1.807) is 0 Å². The standard InChI is InChI=1S/C21H17FN6O5S4/c22-5-6-33-27-13(10-7-35-20(23)24-10)16(29)26-14-17(30)28-15(19(31)32)12(8-34-18(14)28)37-21-25-9-3-1-2-4-11(9)36-21/h1-4,7,14,18H,5-6,8H2,(H2,23,24)(H,26,29)(H,31,32)/b27-13-/t14-,18-/m1/s1. The number of para-hydroxylation sites is 1. The quantitative estimate of drug-likeness (QED) is 0.148. The molecule has 4 heterocycles. The molecule has 0 saturated carbocycles. The molecule has 0 spiro atoms. The second-order valence-corrected chi connectivity index (χ2v) is 11.9. The van der Waals surface area contributed by atoms with Crippen LogP contribution in [0, 0.1) is 0 Å². The number of nitrogens with one attached hydrogen (secondary N) is 1. The molecule has 1 aromatic carbocycles. The lowest BCUT2D eigenvalue weighted by molar-refractivity contribution is -0.150. The number of thiazole rings is 2. The first-order valence-electron chi connectivity index (χ1n) is 10.6. The van der Waals surface area contributed by atoms with Crippen molar-refractivity contribution in [2.45, 2.75) is 15.8 Å². The molecule has 2 aliphatic rings. The summed E-state index contributed by atoms with van der Waals surface area (Å²) in [6.07, 6.45) is 0. The van der Waals surface area contributed by atoms with Crippen molar-refractivity contribution in [3.8, 4) is 0 Å². The number of hydrogen-bond acceptors (Lipinski definition) is 12. The zero-order valence-electron chi connectivity index (χ0n) is 18.6. The normalized spacial score (nSPS) is 19.5. The Morgan fingerprint density at radius 3 is 2.86 bits per heavy atom. The van der Waals surface area contributed by atoms with Gasteiger partial charge < -0.3 is 21.0 Å². The van der Waals surface area contributed by atoms with Gasteiger partial charge in [0.2, 0.25) is 0 Å². The second kappa shape index (κ2) is 10.6. The van der Waals surface area contributed by atoms with E-state index >= 15 is 0 Å². The van der Waals surface area contributed by atoms with Gasteiger partial charge in [0.25, 0.3) is 11.8 Å². The van der Waals surface area contributed by atoms with Gasteiger partial charge in [0, 0.05) is 16.0 Å². The van der Waals surface area contributed by atoms with Crippen molar-refractivity contribution in [3.05, 3.63) is 45.9 Å². The summed E-state index contributed by atoms with van der Waals surface area (Å²) in [5.41, 5.74) is 6.17. The number of thioether (sulfide) groups is 2. The minimum absolute atomic E-state index is 0.111. The van der Waals surface area contributed by atoms with E-state index in [9.17, 15) is 23.9 Å². The molecular weight excluding hydrogens is 564 g/mol. The van der Waals surface area contributed by atoms with Crippen LogP contribution < -0.4 is 11.1 Å². The van der Waals surface area contributed by atoms with Crippen molar-refractivity contribution in [2.75, 3.05) is 24.8 Å². The van der Waals surface area contributed by atoms with Gasteiger partial charge in [0.15, 0.2) is 15.2 Å². The average Bonchev–Trinajstić information content (AvgIpc) is 3.50. The van der Waals surface area contributed by atoms with E-state index in [0.717, 1.165) is 21.6 Å². The molecule has 0 aliphatic carbocycles. The Kier molecular flexibility index (Phi) is 7.32. The topological polar surface area (TPSA) is 160 Å². The summed E-state index contributed by atoms with van der Waals surface area (Å²) in [5.74, 6) is -2.29. The first kappa shape index (κ1) is 25.4. The molecular formula is C21H17FN6O5S4. The van der Waals surface area contributed by atoms with Crippen LogP contribution in [0.15, 0.2) is 49.7 Å². The summed E-state index contributed by atoms with van der Waals surface area (Å²) in [4.78, 5) is 53.2. The van der Waals surface area contributed by atoms with Crippen LogP contribution >= 0.6 is 46.2 Å². The number of oxime groups is 1. The van der Waals surface area contributed by atoms with Crippen LogP contribution in [0.4, 0.5) is 9.52 Å². The van der Waals surface area contributed by atoms with Crippen LogP contribution in [0.2, 0.25) is 0 Å². The Bertz CT molecular complexity index is 1420. The third kappa shape index (κ3) is 5.01. The maximum Gasteiger partial charge on any atom is 0.353 e. The summed E-state index contributed by atoms with van der Waals surface area (Å²) in [6.45, 7) is -1.18. The minimum Gasteiger partial charge on any atom is -0.477 e. The summed E-state index contributed by atoms with van der Waals surface area (Å²) in [7, 11) is 0.